The second kappa shape index (κ2) is 40.2. The quantitative estimate of drug-likeness (QED) is 0.107. The van der Waals surface area contributed by atoms with Gasteiger partial charge in [0.2, 0.25) is 0 Å². The van der Waals surface area contributed by atoms with Crippen LogP contribution in [0.4, 0.5) is 0 Å². The van der Waals surface area contributed by atoms with Crippen LogP contribution >= 0.6 is 0 Å². The third kappa shape index (κ3) is 22.9. The molecule has 0 spiro atoms. The number of hydrogen-bond donors (Lipinski definition) is 0. The monoisotopic (exact) mass is 1630 g/mol. The summed E-state index contributed by atoms with van der Waals surface area (Å²) in [5.74, 6) is 1.13. The minimum absolute atomic E-state index is 0. The fraction of sp³-hybridized carbons (Fsp3) is 0.226. The molecule has 0 saturated heterocycles. The van der Waals surface area contributed by atoms with Gasteiger partial charge in [-0.1, -0.05) is 153 Å². The van der Waals surface area contributed by atoms with Crippen molar-refractivity contribution in [3.05, 3.63) is 453 Å². The van der Waals surface area contributed by atoms with E-state index >= 15 is 0 Å². The summed E-state index contributed by atoms with van der Waals surface area (Å²) in [5.41, 5.74) is 28.4. The van der Waals surface area contributed by atoms with Crippen LogP contribution in [0.2, 0.25) is 0 Å². The van der Waals surface area contributed by atoms with Crippen molar-refractivity contribution in [3.8, 4) is 22.3 Å². The molecule has 4 aliphatic carbocycles. The first-order valence-corrected chi connectivity index (χ1v) is 40.8. The third-order valence-corrected chi connectivity index (χ3v) is 23.4. The van der Waals surface area contributed by atoms with Crippen LogP contribution in [0.5, 0.6) is 0 Å². The molecule has 16 rings (SSSR count). The summed E-state index contributed by atoms with van der Waals surface area (Å²) in [4.78, 5) is 0. The van der Waals surface area contributed by atoms with Gasteiger partial charge in [-0.2, -0.15) is 70.8 Å². The molecular formula is C106H104Cl2Zr2-2. The fourth-order valence-electron chi connectivity index (χ4n) is 14.4. The van der Waals surface area contributed by atoms with Gasteiger partial charge < -0.3 is 24.8 Å². The number of halogens is 2. The Bertz CT molecular complexity index is 4220. The van der Waals surface area contributed by atoms with Crippen LogP contribution in [0.25, 0.3) is 22.3 Å². The Morgan fingerprint density at radius 3 is 0.682 bits per heavy atom. The number of benzene rings is 12. The molecule has 0 radical (unpaired) electrons. The van der Waals surface area contributed by atoms with Crippen LogP contribution in [-0.2, 0) is 83.0 Å². The van der Waals surface area contributed by atoms with E-state index in [1.807, 2.05) is 24.3 Å². The van der Waals surface area contributed by atoms with Gasteiger partial charge in [-0.05, 0) is 34.8 Å². The average molecular weight is 1630 g/mol. The molecule has 4 aliphatic rings. The van der Waals surface area contributed by atoms with Gasteiger partial charge in [-0.15, -0.1) is 24.0 Å². The van der Waals surface area contributed by atoms with Crippen LogP contribution in [0, 0.1) is 24.3 Å². The molecule has 4 heteroatoms. The van der Waals surface area contributed by atoms with E-state index < -0.39 is 0 Å². The Kier molecular flexibility index (Phi) is 31.3. The van der Waals surface area contributed by atoms with Crippen LogP contribution < -0.4 is 24.8 Å². The van der Waals surface area contributed by atoms with Crippen LogP contribution in [0.15, 0.2) is 340 Å². The number of allylic oxidation sites excluding steroid dienone is 8. The SMILES string of the molecule is CC(C)(C)c1c[c-]c2c(c1)-c1cc(C(C)(C)C)ccc1C2.CC(C)(C)c1c[c-]c2c(c1)-c1cc(C(C)(C)C)ccc1C2.[C-]1=CC=CC1.[C-]1=CC=CC1.[Cl-].[Cl-].[Zr+2]=[C](C(c1ccccc1)c1ccccc1)C(c1ccccc1)c1ccccc1.[Zr+2]=[C](C(c1ccccc1)c1ccccc1)C(c1ccccc1)c1ccccc1. The first-order valence-electron chi connectivity index (χ1n) is 38.4. The molecule has 0 fully saturated rings. The molecule has 0 atom stereocenters. The van der Waals surface area contributed by atoms with Crippen molar-refractivity contribution in [3.63, 3.8) is 0 Å². The maximum atomic E-state index is 3.53. The van der Waals surface area contributed by atoms with Gasteiger partial charge in [0.1, 0.15) is 0 Å². The zero-order chi connectivity index (χ0) is 76.3. The van der Waals surface area contributed by atoms with Gasteiger partial charge >= 0.3 is 366 Å². The van der Waals surface area contributed by atoms with E-state index in [9.17, 15) is 0 Å². The van der Waals surface area contributed by atoms with Gasteiger partial charge in [0.15, 0.2) is 0 Å². The molecular weight excluding hydrogens is 1530 g/mol. The summed E-state index contributed by atoms with van der Waals surface area (Å²) in [6.07, 6.45) is 22.1. The number of hydrogen-bond acceptors (Lipinski definition) is 0. The zero-order valence-electron chi connectivity index (χ0n) is 66.2. The van der Waals surface area contributed by atoms with Crippen LogP contribution in [-0.4, -0.2) is 6.41 Å². The zero-order valence-corrected chi connectivity index (χ0v) is 72.7. The topological polar surface area (TPSA) is 0 Å². The van der Waals surface area contributed by atoms with Gasteiger partial charge in [-0.3, -0.25) is 12.2 Å². The van der Waals surface area contributed by atoms with E-state index in [4.69, 9.17) is 0 Å². The van der Waals surface area contributed by atoms with Crippen molar-refractivity contribution in [2.75, 3.05) is 0 Å². The van der Waals surface area contributed by atoms with Crippen LogP contribution in [0.1, 0.15) is 209 Å². The Labute approximate surface area is 702 Å². The average Bonchev–Trinajstić information content (AvgIpc) is 1.61. The molecule has 0 amide bonds. The Balaban J connectivity index is 0.000000161. The normalized spacial score (nSPS) is 12.5. The first-order chi connectivity index (χ1) is 52.0. The summed E-state index contributed by atoms with van der Waals surface area (Å²) >= 11 is 2.94. The molecule has 0 aliphatic heterocycles. The van der Waals surface area contributed by atoms with Gasteiger partial charge in [0.25, 0.3) is 0 Å². The van der Waals surface area contributed by atoms with Crippen molar-refractivity contribution in [1.82, 2.24) is 0 Å². The van der Waals surface area contributed by atoms with Gasteiger partial charge in [0.05, 0.1) is 0 Å². The van der Waals surface area contributed by atoms with Crippen LogP contribution in [0.3, 0.4) is 0 Å². The summed E-state index contributed by atoms with van der Waals surface area (Å²) in [6, 6.07) is 117. The Morgan fingerprint density at radius 2 is 0.500 bits per heavy atom. The molecule has 552 valence electrons. The van der Waals surface area contributed by atoms with Crippen molar-refractivity contribution < 1.29 is 73.3 Å². The van der Waals surface area contributed by atoms with E-state index in [-0.39, 0.29) is 70.1 Å². The predicted octanol–water partition coefficient (Wildman–Crippen LogP) is 20.7. The molecule has 12 aromatic carbocycles. The van der Waals surface area contributed by atoms with E-state index in [0.717, 1.165) is 25.7 Å². The van der Waals surface area contributed by atoms with E-state index in [1.54, 1.807) is 0 Å². The summed E-state index contributed by atoms with van der Waals surface area (Å²) in [6.45, 7) is 27.3. The molecule has 0 saturated carbocycles. The molecule has 0 nitrogen and oxygen atoms in total. The molecule has 0 bridgehead atoms. The van der Waals surface area contributed by atoms with Gasteiger partial charge in [-0.25, -0.2) is 24.3 Å². The molecule has 12 aromatic rings. The fourth-order valence-corrected chi connectivity index (χ4v) is 17.6. The van der Waals surface area contributed by atoms with Crippen molar-refractivity contribution in [2.24, 2.45) is 0 Å². The number of rotatable bonds is 12. The maximum absolute atomic E-state index is 3.53. The summed E-state index contributed by atoms with van der Waals surface area (Å²) in [5, 5.41) is 0. The van der Waals surface area contributed by atoms with E-state index in [0.29, 0.717) is 0 Å². The Hall–Kier alpha value is -8.31. The van der Waals surface area contributed by atoms with Gasteiger partial charge in [0, 0.05) is 0 Å². The second-order valence-electron chi connectivity index (χ2n) is 32.6. The van der Waals surface area contributed by atoms with Crippen molar-refractivity contribution >= 4 is 6.41 Å². The summed E-state index contributed by atoms with van der Waals surface area (Å²) in [7, 11) is 0. The Morgan fingerprint density at radius 1 is 0.282 bits per heavy atom. The standard InChI is InChI=1S/2C27H22.2C21H25.2C5H5.2ClH.2Zr/c2*1-5-13-22(14-6-1)26(23-15-7-2-8-16-23)21-27(24-17-9-3-10-18-24)25-19-11-4-12-20-25;2*1-20(2,3)16-9-7-14-11-15-8-10-17(21(4,5)6)13-19(15)18(14)12-16;2*1-2-4-5-3-1;;;;/h2*1-20,26-27H;2*7,9-10,12-13H,11H2,1-6H3;2*1-3H,4H2;2*1H;;/q;;4*-1;;;2*+2/p-2. The van der Waals surface area contributed by atoms with Crippen molar-refractivity contribution in [2.45, 2.75) is 154 Å². The third-order valence-electron chi connectivity index (χ3n) is 20.5. The number of fused-ring (bicyclic) bond motifs is 6. The molecule has 0 aromatic heterocycles. The molecule has 0 heterocycles. The van der Waals surface area contributed by atoms with Crippen molar-refractivity contribution in [1.29, 1.82) is 0 Å². The van der Waals surface area contributed by atoms with E-state index in [2.05, 4.69) is 423 Å². The molecule has 110 heavy (non-hydrogen) atoms. The first kappa shape index (κ1) is 85.7. The predicted molar refractivity (Wildman–Crippen MR) is 454 cm³/mol. The minimum atomic E-state index is 0. The molecule has 0 unspecified atom stereocenters. The molecule has 0 N–H and O–H groups in total. The van der Waals surface area contributed by atoms with E-state index in [1.165, 1.54) is 166 Å². The summed E-state index contributed by atoms with van der Waals surface area (Å²) < 4.78 is 3.06. The second-order valence-corrected chi connectivity index (χ2v) is 35.4.